The van der Waals surface area contributed by atoms with Gasteiger partial charge in [0.15, 0.2) is 0 Å². The van der Waals surface area contributed by atoms with E-state index in [1.807, 2.05) is 36.4 Å². The highest BCUT2D eigenvalue weighted by atomic mass is 32.2. The molecule has 0 aromatic heterocycles. The fourth-order valence-corrected chi connectivity index (χ4v) is 4.89. The second-order valence-electron chi connectivity index (χ2n) is 5.90. The number of halogens is 2. The lowest BCUT2D eigenvalue weighted by Gasteiger charge is -2.24. The topological polar surface area (TPSA) is 9.23 Å². The lowest BCUT2D eigenvalue weighted by Crippen LogP contribution is -1.93. The van der Waals surface area contributed by atoms with E-state index in [2.05, 4.69) is 0 Å². The third kappa shape index (κ3) is 3.69. The Balaban J connectivity index is 2.15. The maximum Gasteiger partial charge on any atom is 0.127 e. The molecule has 0 unspecified atom stereocenters. The average molecular weight is 358 g/mol. The number of rotatable bonds is 4. The first-order valence-electron chi connectivity index (χ1n) is 7.96. The minimum absolute atomic E-state index is 0.244. The second-order valence-corrected chi connectivity index (χ2v) is 8.12. The van der Waals surface area contributed by atoms with E-state index in [1.165, 1.54) is 0 Å². The number of benzene rings is 3. The summed E-state index contributed by atoms with van der Waals surface area (Å²) in [6.07, 6.45) is 0. The van der Waals surface area contributed by atoms with Crippen LogP contribution in [0.25, 0.3) is 0 Å². The molecule has 25 heavy (non-hydrogen) atoms. The van der Waals surface area contributed by atoms with Crippen molar-refractivity contribution in [3.8, 4) is 5.75 Å². The molecule has 3 rings (SSSR count). The molecule has 0 amide bonds. The maximum atomic E-state index is 14.1. The van der Waals surface area contributed by atoms with Crippen molar-refractivity contribution in [3.63, 3.8) is 0 Å². The zero-order valence-electron chi connectivity index (χ0n) is 14.4. The highest BCUT2D eigenvalue weighted by Crippen LogP contribution is 2.52. The third-order valence-corrected chi connectivity index (χ3v) is 6.56. The Kier molecular flexibility index (Phi) is 5.09. The van der Waals surface area contributed by atoms with Gasteiger partial charge >= 0.3 is 0 Å². The van der Waals surface area contributed by atoms with Gasteiger partial charge in [0.1, 0.15) is 17.4 Å². The molecule has 0 aliphatic heterocycles. The number of aryl methyl sites for hydroxylation is 2. The molecule has 0 atom stereocenters. The summed E-state index contributed by atoms with van der Waals surface area (Å²) in [5.74, 6) is 0.265. The Morgan fingerprint density at radius 1 is 0.680 bits per heavy atom. The van der Waals surface area contributed by atoms with Gasteiger partial charge in [0.25, 0.3) is 0 Å². The van der Waals surface area contributed by atoms with E-state index in [0.29, 0.717) is 11.1 Å². The van der Waals surface area contributed by atoms with E-state index >= 15 is 0 Å². The molecular formula is C21H20F2OS. The first-order chi connectivity index (χ1) is 12.0. The monoisotopic (exact) mass is 358 g/mol. The first kappa shape index (κ1) is 17.5. The van der Waals surface area contributed by atoms with Crippen LogP contribution in [0.3, 0.4) is 0 Å². The van der Waals surface area contributed by atoms with Crippen LogP contribution in [0.1, 0.15) is 11.1 Å². The molecule has 0 saturated heterocycles. The molecule has 0 bridgehead atoms. The van der Waals surface area contributed by atoms with Crippen LogP contribution in [-0.2, 0) is 0 Å². The molecule has 0 saturated carbocycles. The first-order valence-corrected chi connectivity index (χ1v) is 9.30. The van der Waals surface area contributed by atoms with Crippen molar-refractivity contribution in [2.24, 2.45) is 0 Å². The van der Waals surface area contributed by atoms with Gasteiger partial charge in [-0.25, -0.2) is 8.78 Å². The third-order valence-electron chi connectivity index (χ3n) is 4.16. The lowest BCUT2D eigenvalue weighted by atomic mass is 10.2. The SMILES string of the molecule is COc1ccc([SH](c2ccc(C)c(F)c2)c2ccc(C)c(F)c2)cc1. The van der Waals surface area contributed by atoms with E-state index in [1.54, 1.807) is 45.2 Å². The quantitative estimate of drug-likeness (QED) is 0.557. The van der Waals surface area contributed by atoms with Crippen molar-refractivity contribution in [1.82, 2.24) is 0 Å². The van der Waals surface area contributed by atoms with Crippen molar-refractivity contribution < 1.29 is 13.5 Å². The van der Waals surface area contributed by atoms with Gasteiger partial charge in [0.05, 0.1) is 7.11 Å². The molecule has 0 fully saturated rings. The van der Waals surface area contributed by atoms with Crippen LogP contribution in [0.15, 0.2) is 75.4 Å². The van der Waals surface area contributed by atoms with Crippen LogP contribution < -0.4 is 4.74 Å². The van der Waals surface area contributed by atoms with Crippen molar-refractivity contribution in [2.45, 2.75) is 28.5 Å². The minimum Gasteiger partial charge on any atom is -0.497 e. The standard InChI is InChI=1S/C21H20F2OS/c1-14-4-8-18(12-20(14)22)25(17-10-6-16(24-3)7-11-17)19-9-5-15(2)21(23)13-19/h4-13,25H,1-3H3. The molecule has 0 aliphatic carbocycles. The fourth-order valence-electron chi connectivity index (χ4n) is 2.62. The van der Waals surface area contributed by atoms with E-state index in [9.17, 15) is 8.78 Å². The van der Waals surface area contributed by atoms with Gasteiger partial charge in [-0.2, -0.15) is 10.9 Å². The second kappa shape index (κ2) is 7.28. The summed E-state index contributed by atoms with van der Waals surface area (Å²) >= 11 is 0. The lowest BCUT2D eigenvalue weighted by molar-refractivity contribution is 0.414. The van der Waals surface area contributed by atoms with Crippen LogP contribution >= 0.6 is 10.9 Å². The average Bonchev–Trinajstić information content (AvgIpc) is 2.62. The van der Waals surface area contributed by atoms with Crippen molar-refractivity contribution in [2.75, 3.05) is 7.11 Å². The molecule has 1 nitrogen and oxygen atoms in total. The summed E-state index contributed by atoms with van der Waals surface area (Å²) in [6, 6.07) is 18.2. The number of thiol groups is 1. The van der Waals surface area contributed by atoms with Gasteiger partial charge in [-0.3, -0.25) is 0 Å². The molecule has 0 aliphatic rings. The molecule has 0 radical (unpaired) electrons. The van der Waals surface area contributed by atoms with E-state index in [0.717, 1.165) is 20.4 Å². The Morgan fingerprint density at radius 3 is 1.52 bits per heavy atom. The van der Waals surface area contributed by atoms with Gasteiger partial charge in [-0.05, 0) is 88.2 Å². The van der Waals surface area contributed by atoms with Gasteiger partial charge in [-0.15, -0.1) is 0 Å². The Labute approximate surface area is 149 Å². The summed E-state index contributed by atoms with van der Waals surface area (Å²) in [6.45, 7) is 3.47. The minimum atomic E-state index is -1.06. The van der Waals surface area contributed by atoms with Crippen molar-refractivity contribution in [3.05, 3.63) is 83.4 Å². The highest BCUT2D eigenvalue weighted by Gasteiger charge is 2.16. The molecule has 3 aromatic carbocycles. The van der Waals surface area contributed by atoms with Gasteiger partial charge < -0.3 is 4.74 Å². The molecule has 0 heterocycles. The molecule has 0 spiro atoms. The summed E-state index contributed by atoms with van der Waals surface area (Å²) in [7, 11) is 0.557. The Hall–Kier alpha value is -2.33. The molecule has 4 heteroatoms. The van der Waals surface area contributed by atoms with Crippen LogP contribution in [0.2, 0.25) is 0 Å². The number of hydrogen-bond donors (Lipinski definition) is 1. The van der Waals surface area contributed by atoms with Gasteiger partial charge in [0.2, 0.25) is 0 Å². The molecular weight excluding hydrogens is 338 g/mol. The summed E-state index contributed by atoms with van der Waals surface area (Å²) in [4.78, 5) is 2.72. The number of hydrogen-bond acceptors (Lipinski definition) is 1. The Bertz CT molecular complexity index is 839. The fraction of sp³-hybridized carbons (Fsp3) is 0.143. The van der Waals surface area contributed by atoms with Crippen LogP contribution in [0, 0.1) is 25.5 Å². The molecule has 0 N–H and O–H groups in total. The van der Waals surface area contributed by atoms with Crippen molar-refractivity contribution in [1.29, 1.82) is 0 Å². The van der Waals surface area contributed by atoms with E-state index in [-0.39, 0.29) is 11.6 Å². The number of ether oxygens (including phenoxy) is 1. The maximum absolute atomic E-state index is 14.1. The summed E-state index contributed by atoms with van der Waals surface area (Å²) < 4.78 is 33.5. The zero-order valence-corrected chi connectivity index (χ0v) is 15.3. The largest absolute Gasteiger partial charge is 0.497 e. The highest BCUT2D eigenvalue weighted by molar-refractivity contribution is 8.17. The predicted molar refractivity (Wildman–Crippen MR) is 99.1 cm³/mol. The zero-order chi connectivity index (χ0) is 18.0. The number of methoxy groups -OCH3 is 1. The molecule has 3 aromatic rings. The van der Waals surface area contributed by atoms with Crippen LogP contribution in [0.4, 0.5) is 8.78 Å². The van der Waals surface area contributed by atoms with Crippen LogP contribution in [-0.4, -0.2) is 7.11 Å². The van der Waals surface area contributed by atoms with Crippen molar-refractivity contribution >= 4 is 10.9 Å². The van der Waals surface area contributed by atoms with Gasteiger partial charge in [-0.1, -0.05) is 12.1 Å². The van der Waals surface area contributed by atoms with Gasteiger partial charge in [0, 0.05) is 0 Å². The van der Waals surface area contributed by atoms with E-state index < -0.39 is 10.9 Å². The normalized spacial score (nSPS) is 11.3. The summed E-state index contributed by atoms with van der Waals surface area (Å²) in [5, 5.41) is 0. The predicted octanol–water partition coefficient (Wildman–Crippen LogP) is 6.07. The smallest absolute Gasteiger partial charge is 0.127 e. The van der Waals surface area contributed by atoms with E-state index in [4.69, 9.17) is 4.74 Å². The Morgan fingerprint density at radius 2 is 1.12 bits per heavy atom. The van der Waals surface area contributed by atoms with Crippen LogP contribution in [0.5, 0.6) is 5.75 Å². The molecule has 130 valence electrons. The summed E-state index contributed by atoms with van der Waals surface area (Å²) in [5.41, 5.74) is 1.20.